The minimum absolute atomic E-state index is 0.210. The standard InChI is InChI=1S/C31H35N7S/c1-19(31(2,3)4)38(5)18-20-12-21(9-10-23-8-6-7-11-32-23)24-14-26(35-25(24)13-20)29-30-27(36-37-29)15-28(39-30)22-16-33-34-17-22/h6-8,11-17,19,35H,9-10,18H2,1-5H3,(H,33,34)(H,36,37). The molecule has 7 nitrogen and oxygen atoms in total. The van der Waals surface area contributed by atoms with Crippen molar-refractivity contribution < 1.29 is 0 Å². The van der Waals surface area contributed by atoms with E-state index >= 15 is 0 Å². The zero-order valence-electron chi connectivity index (χ0n) is 23.2. The Hall–Kier alpha value is -3.75. The molecule has 3 N–H and O–H groups in total. The quantitative estimate of drug-likeness (QED) is 0.191. The first-order valence-electron chi connectivity index (χ1n) is 13.5. The number of hydrogen-bond acceptors (Lipinski definition) is 5. The lowest BCUT2D eigenvalue weighted by molar-refractivity contribution is 0.134. The van der Waals surface area contributed by atoms with Crippen molar-refractivity contribution in [1.82, 2.24) is 35.3 Å². The molecule has 39 heavy (non-hydrogen) atoms. The summed E-state index contributed by atoms with van der Waals surface area (Å²) in [5.41, 5.74) is 9.24. The Balaban J connectivity index is 1.38. The van der Waals surface area contributed by atoms with Crippen molar-refractivity contribution in [3.63, 3.8) is 0 Å². The molecule has 0 radical (unpaired) electrons. The van der Waals surface area contributed by atoms with E-state index in [9.17, 15) is 0 Å². The molecule has 1 aromatic carbocycles. The van der Waals surface area contributed by atoms with E-state index < -0.39 is 0 Å². The molecule has 0 saturated heterocycles. The Kier molecular flexibility index (Phi) is 6.61. The highest BCUT2D eigenvalue weighted by Crippen LogP contribution is 2.39. The van der Waals surface area contributed by atoms with Crippen molar-refractivity contribution in [3.05, 3.63) is 77.9 Å². The Morgan fingerprint density at radius 2 is 1.92 bits per heavy atom. The second-order valence-electron chi connectivity index (χ2n) is 11.6. The van der Waals surface area contributed by atoms with Gasteiger partial charge in [0, 0.05) is 52.0 Å². The molecule has 0 spiro atoms. The number of aromatic amines is 3. The summed E-state index contributed by atoms with van der Waals surface area (Å²) >= 11 is 1.73. The minimum atomic E-state index is 0.210. The van der Waals surface area contributed by atoms with Gasteiger partial charge < -0.3 is 4.98 Å². The predicted molar refractivity (Wildman–Crippen MR) is 161 cm³/mol. The summed E-state index contributed by atoms with van der Waals surface area (Å²) in [4.78, 5) is 11.9. The number of aromatic nitrogens is 6. The summed E-state index contributed by atoms with van der Waals surface area (Å²) in [6.45, 7) is 10.1. The molecule has 0 amide bonds. The number of nitrogens with one attached hydrogen (secondary N) is 3. The van der Waals surface area contributed by atoms with Gasteiger partial charge in [-0.05, 0) is 73.7 Å². The van der Waals surface area contributed by atoms with Crippen LogP contribution in [0, 0.1) is 5.41 Å². The predicted octanol–water partition coefficient (Wildman–Crippen LogP) is 7.21. The maximum Gasteiger partial charge on any atom is 0.126 e. The molecule has 5 heterocycles. The molecule has 1 unspecified atom stereocenters. The van der Waals surface area contributed by atoms with Crippen LogP contribution in [0.3, 0.4) is 0 Å². The number of hydrogen-bond donors (Lipinski definition) is 3. The van der Waals surface area contributed by atoms with E-state index in [-0.39, 0.29) is 5.41 Å². The van der Waals surface area contributed by atoms with Crippen LogP contribution in [0.2, 0.25) is 0 Å². The van der Waals surface area contributed by atoms with Crippen molar-refractivity contribution in [3.8, 4) is 21.8 Å². The first-order chi connectivity index (χ1) is 18.8. The third-order valence-electron chi connectivity index (χ3n) is 7.88. The van der Waals surface area contributed by atoms with Crippen LogP contribution in [-0.2, 0) is 19.4 Å². The molecule has 0 bridgehead atoms. The van der Waals surface area contributed by atoms with Gasteiger partial charge in [0.1, 0.15) is 5.69 Å². The molecule has 8 heteroatoms. The van der Waals surface area contributed by atoms with Gasteiger partial charge in [-0.15, -0.1) is 11.3 Å². The summed E-state index contributed by atoms with van der Waals surface area (Å²) < 4.78 is 1.15. The number of H-pyrrole nitrogens is 3. The molecule has 1 atom stereocenters. The number of nitrogens with zero attached hydrogens (tertiary/aromatic N) is 4. The molecule has 0 aliphatic rings. The summed E-state index contributed by atoms with van der Waals surface area (Å²) in [6, 6.07) is 15.7. The van der Waals surface area contributed by atoms with Crippen molar-refractivity contribution in [2.24, 2.45) is 5.41 Å². The Morgan fingerprint density at radius 1 is 1.05 bits per heavy atom. The van der Waals surface area contributed by atoms with Gasteiger partial charge >= 0.3 is 0 Å². The van der Waals surface area contributed by atoms with E-state index in [1.807, 2.05) is 24.7 Å². The molecule has 0 saturated carbocycles. The van der Waals surface area contributed by atoms with Crippen molar-refractivity contribution in [2.45, 2.75) is 53.1 Å². The zero-order chi connectivity index (χ0) is 27.1. The van der Waals surface area contributed by atoms with Crippen LogP contribution in [-0.4, -0.2) is 48.4 Å². The molecule has 6 rings (SSSR count). The van der Waals surface area contributed by atoms with Gasteiger partial charge in [0.25, 0.3) is 0 Å². The lowest BCUT2D eigenvalue weighted by Gasteiger charge is -2.35. The van der Waals surface area contributed by atoms with Gasteiger partial charge in [-0.2, -0.15) is 10.2 Å². The normalized spacial score (nSPS) is 13.2. The molecule has 200 valence electrons. The summed E-state index contributed by atoms with van der Waals surface area (Å²) in [5, 5.41) is 16.2. The van der Waals surface area contributed by atoms with Crippen LogP contribution in [0.1, 0.15) is 44.5 Å². The molecular weight excluding hydrogens is 502 g/mol. The molecule has 0 fully saturated rings. The SMILES string of the molecule is CC(N(C)Cc1cc(CCc2ccccn2)c2cc(-c3n[nH]c4cc(-c5cn[nH]c5)sc34)[nH]c2c1)C(C)(C)C. The van der Waals surface area contributed by atoms with Gasteiger partial charge in [0.05, 0.1) is 22.1 Å². The largest absolute Gasteiger partial charge is 0.353 e. The Labute approximate surface area is 232 Å². The number of thiophene rings is 1. The maximum atomic E-state index is 4.70. The van der Waals surface area contributed by atoms with E-state index in [1.54, 1.807) is 11.3 Å². The van der Waals surface area contributed by atoms with Gasteiger partial charge in [-0.3, -0.25) is 20.1 Å². The van der Waals surface area contributed by atoms with Crippen LogP contribution in [0.15, 0.2) is 61.1 Å². The zero-order valence-corrected chi connectivity index (χ0v) is 24.0. The second kappa shape index (κ2) is 10.1. The average Bonchev–Trinajstić information content (AvgIpc) is 3.70. The highest BCUT2D eigenvalue weighted by Gasteiger charge is 2.24. The van der Waals surface area contributed by atoms with Crippen molar-refractivity contribution in [2.75, 3.05) is 7.05 Å². The third-order valence-corrected chi connectivity index (χ3v) is 9.07. The molecule has 6 aromatic rings. The number of rotatable bonds is 8. The average molecular weight is 538 g/mol. The number of fused-ring (bicyclic) bond motifs is 2. The van der Waals surface area contributed by atoms with E-state index in [0.717, 1.165) is 57.8 Å². The smallest absolute Gasteiger partial charge is 0.126 e. The van der Waals surface area contributed by atoms with Crippen LogP contribution in [0.5, 0.6) is 0 Å². The number of benzene rings is 1. The lowest BCUT2D eigenvalue weighted by Crippen LogP contribution is -2.38. The highest BCUT2D eigenvalue weighted by molar-refractivity contribution is 7.22. The van der Waals surface area contributed by atoms with Crippen LogP contribution < -0.4 is 0 Å². The van der Waals surface area contributed by atoms with E-state index in [0.29, 0.717) is 6.04 Å². The molecule has 0 aliphatic heterocycles. The van der Waals surface area contributed by atoms with Crippen LogP contribution in [0.4, 0.5) is 0 Å². The lowest BCUT2D eigenvalue weighted by atomic mass is 9.87. The van der Waals surface area contributed by atoms with E-state index in [4.69, 9.17) is 5.10 Å². The molecule has 0 aliphatic carbocycles. The van der Waals surface area contributed by atoms with Gasteiger partial charge in [-0.1, -0.05) is 32.9 Å². The fraction of sp³-hybridized carbons (Fsp3) is 0.323. The summed E-state index contributed by atoms with van der Waals surface area (Å²) in [7, 11) is 2.22. The third kappa shape index (κ3) is 5.14. The van der Waals surface area contributed by atoms with E-state index in [2.05, 4.69) is 101 Å². The van der Waals surface area contributed by atoms with Gasteiger partial charge in [0.2, 0.25) is 0 Å². The van der Waals surface area contributed by atoms with Crippen LogP contribution in [0.25, 0.3) is 42.9 Å². The van der Waals surface area contributed by atoms with E-state index in [1.165, 1.54) is 21.4 Å². The second-order valence-corrected chi connectivity index (χ2v) is 12.6. The molecular formula is C31H35N7S. The topological polar surface area (TPSA) is 89.3 Å². The number of aryl methyl sites for hydroxylation is 2. The first kappa shape index (κ1) is 25.5. The van der Waals surface area contributed by atoms with Gasteiger partial charge in [-0.25, -0.2) is 0 Å². The minimum Gasteiger partial charge on any atom is -0.353 e. The first-order valence-corrected chi connectivity index (χ1v) is 14.3. The van der Waals surface area contributed by atoms with Crippen molar-refractivity contribution >= 4 is 32.5 Å². The molecule has 5 aromatic heterocycles. The summed E-state index contributed by atoms with van der Waals surface area (Å²) in [6.07, 6.45) is 7.48. The maximum absolute atomic E-state index is 4.70. The van der Waals surface area contributed by atoms with Crippen LogP contribution >= 0.6 is 11.3 Å². The monoisotopic (exact) mass is 537 g/mol. The highest BCUT2D eigenvalue weighted by atomic mass is 32.1. The van der Waals surface area contributed by atoms with Gasteiger partial charge in [0.15, 0.2) is 0 Å². The fourth-order valence-electron chi connectivity index (χ4n) is 5.23. The Morgan fingerprint density at radius 3 is 2.67 bits per heavy atom. The fourth-order valence-corrected chi connectivity index (χ4v) is 6.32. The Bertz CT molecular complexity index is 1700. The summed E-state index contributed by atoms with van der Waals surface area (Å²) in [5.74, 6) is 0. The number of pyridine rings is 1. The van der Waals surface area contributed by atoms with Crippen molar-refractivity contribution in [1.29, 1.82) is 0 Å².